The van der Waals surface area contributed by atoms with E-state index in [1.165, 1.54) is 18.2 Å². The first kappa shape index (κ1) is 12.7. The molecule has 6 heteroatoms. The SMILES string of the molecule is CCCN=C(NN)Nc1ccc(F)cc1Cl. The largest absolute Gasteiger partial charge is 0.324 e. The van der Waals surface area contributed by atoms with Crippen molar-refractivity contribution in [3.63, 3.8) is 0 Å². The van der Waals surface area contributed by atoms with Crippen molar-refractivity contribution >= 4 is 23.2 Å². The number of benzene rings is 1. The molecule has 0 saturated carbocycles. The predicted molar refractivity (Wildman–Crippen MR) is 64.9 cm³/mol. The summed E-state index contributed by atoms with van der Waals surface area (Å²) < 4.78 is 12.8. The zero-order valence-electron chi connectivity index (χ0n) is 8.93. The van der Waals surface area contributed by atoms with Crippen LogP contribution in [-0.4, -0.2) is 12.5 Å². The van der Waals surface area contributed by atoms with E-state index in [0.717, 1.165) is 6.42 Å². The maximum atomic E-state index is 12.8. The highest BCUT2D eigenvalue weighted by atomic mass is 35.5. The Balaban J connectivity index is 2.78. The molecule has 0 amide bonds. The van der Waals surface area contributed by atoms with Gasteiger partial charge in [-0.05, 0) is 24.6 Å². The highest BCUT2D eigenvalue weighted by molar-refractivity contribution is 6.33. The molecule has 1 aromatic carbocycles. The fourth-order valence-electron chi connectivity index (χ4n) is 1.06. The van der Waals surface area contributed by atoms with Crippen LogP contribution in [0.2, 0.25) is 5.02 Å². The van der Waals surface area contributed by atoms with Gasteiger partial charge < -0.3 is 5.32 Å². The molecule has 88 valence electrons. The molecule has 16 heavy (non-hydrogen) atoms. The van der Waals surface area contributed by atoms with Gasteiger partial charge in [0.25, 0.3) is 0 Å². The zero-order chi connectivity index (χ0) is 12.0. The summed E-state index contributed by atoms with van der Waals surface area (Å²) >= 11 is 5.84. The third kappa shape index (κ3) is 3.67. The summed E-state index contributed by atoms with van der Waals surface area (Å²) in [6.07, 6.45) is 0.907. The smallest absolute Gasteiger partial charge is 0.210 e. The first-order valence-electron chi connectivity index (χ1n) is 4.90. The fourth-order valence-corrected chi connectivity index (χ4v) is 1.28. The molecular weight excluding hydrogens is 231 g/mol. The Morgan fingerprint density at radius 1 is 1.56 bits per heavy atom. The number of hydrogen-bond acceptors (Lipinski definition) is 2. The van der Waals surface area contributed by atoms with E-state index >= 15 is 0 Å². The van der Waals surface area contributed by atoms with Gasteiger partial charge in [-0.3, -0.25) is 10.4 Å². The van der Waals surface area contributed by atoms with E-state index in [-0.39, 0.29) is 10.8 Å². The maximum absolute atomic E-state index is 12.8. The molecule has 0 aliphatic rings. The molecular formula is C10H14ClFN4. The van der Waals surface area contributed by atoms with Crippen molar-refractivity contribution in [2.24, 2.45) is 10.8 Å². The van der Waals surface area contributed by atoms with E-state index in [2.05, 4.69) is 15.7 Å². The molecule has 1 aromatic rings. The van der Waals surface area contributed by atoms with Crippen LogP contribution in [0.4, 0.5) is 10.1 Å². The van der Waals surface area contributed by atoms with Gasteiger partial charge in [-0.25, -0.2) is 10.2 Å². The number of aliphatic imine (C=N–C) groups is 1. The average molecular weight is 245 g/mol. The Bertz CT molecular complexity index is 381. The molecule has 0 fully saturated rings. The summed E-state index contributed by atoms with van der Waals surface area (Å²) in [5, 5.41) is 3.15. The summed E-state index contributed by atoms with van der Waals surface area (Å²) in [5.41, 5.74) is 2.97. The van der Waals surface area contributed by atoms with Gasteiger partial charge in [-0.2, -0.15) is 0 Å². The lowest BCUT2D eigenvalue weighted by Gasteiger charge is -2.10. The molecule has 0 bridgehead atoms. The summed E-state index contributed by atoms with van der Waals surface area (Å²) in [7, 11) is 0. The second-order valence-corrected chi connectivity index (χ2v) is 3.53. The first-order chi connectivity index (χ1) is 7.67. The number of rotatable bonds is 3. The van der Waals surface area contributed by atoms with Crippen molar-refractivity contribution in [1.29, 1.82) is 0 Å². The van der Waals surface area contributed by atoms with Gasteiger partial charge in [0, 0.05) is 6.54 Å². The quantitative estimate of drug-likeness (QED) is 0.330. The Hall–Kier alpha value is -1.33. The Kier molecular flexibility index (Phi) is 5.01. The summed E-state index contributed by atoms with van der Waals surface area (Å²) in [6.45, 7) is 2.65. The molecule has 4 nitrogen and oxygen atoms in total. The van der Waals surface area contributed by atoms with Crippen LogP contribution in [0.3, 0.4) is 0 Å². The number of hydrazine groups is 1. The lowest BCUT2D eigenvalue weighted by atomic mass is 10.3. The third-order valence-corrected chi connectivity index (χ3v) is 2.13. The number of guanidine groups is 1. The van der Waals surface area contributed by atoms with Crippen molar-refractivity contribution in [3.8, 4) is 0 Å². The second kappa shape index (κ2) is 6.30. The third-order valence-electron chi connectivity index (χ3n) is 1.81. The Morgan fingerprint density at radius 2 is 2.31 bits per heavy atom. The molecule has 0 aliphatic heterocycles. The summed E-state index contributed by atoms with van der Waals surface area (Å²) in [5.74, 6) is 5.29. The average Bonchev–Trinajstić information content (AvgIpc) is 2.27. The lowest BCUT2D eigenvalue weighted by Crippen LogP contribution is -2.36. The number of nitrogens with zero attached hydrogens (tertiary/aromatic N) is 1. The maximum Gasteiger partial charge on any atom is 0.210 e. The molecule has 0 radical (unpaired) electrons. The van der Waals surface area contributed by atoms with Crippen LogP contribution in [0, 0.1) is 5.82 Å². The zero-order valence-corrected chi connectivity index (χ0v) is 9.68. The van der Waals surface area contributed by atoms with E-state index in [1.807, 2.05) is 6.92 Å². The minimum atomic E-state index is -0.386. The van der Waals surface area contributed by atoms with Crippen LogP contribution < -0.4 is 16.6 Å². The monoisotopic (exact) mass is 244 g/mol. The lowest BCUT2D eigenvalue weighted by molar-refractivity contribution is 0.628. The summed E-state index contributed by atoms with van der Waals surface area (Å²) in [4.78, 5) is 4.14. The molecule has 0 unspecified atom stereocenters. The van der Waals surface area contributed by atoms with Crippen molar-refractivity contribution < 1.29 is 4.39 Å². The van der Waals surface area contributed by atoms with E-state index in [9.17, 15) is 4.39 Å². The van der Waals surface area contributed by atoms with Gasteiger partial charge in [0.05, 0.1) is 10.7 Å². The number of nitrogens with two attached hydrogens (primary N) is 1. The predicted octanol–water partition coefficient (Wildman–Crippen LogP) is 2.12. The molecule has 4 N–H and O–H groups in total. The van der Waals surface area contributed by atoms with Crippen LogP contribution in [0.15, 0.2) is 23.2 Å². The van der Waals surface area contributed by atoms with Crippen LogP contribution >= 0.6 is 11.6 Å². The number of halogens is 2. The highest BCUT2D eigenvalue weighted by Gasteiger charge is 2.03. The van der Waals surface area contributed by atoms with Gasteiger partial charge in [-0.15, -0.1) is 0 Å². The number of hydrogen-bond donors (Lipinski definition) is 3. The van der Waals surface area contributed by atoms with Crippen molar-refractivity contribution in [2.75, 3.05) is 11.9 Å². The van der Waals surface area contributed by atoms with Crippen LogP contribution in [-0.2, 0) is 0 Å². The van der Waals surface area contributed by atoms with Gasteiger partial charge in [-0.1, -0.05) is 18.5 Å². The minimum Gasteiger partial charge on any atom is -0.324 e. The molecule has 0 spiro atoms. The number of nitrogens with one attached hydrogen (secondary N) is 2. The van der Waals surface area contributed by atoms with E-state index in [1.54, 1.807) is 0 Å². The second-order valence-electron chi connectivity index (χ2n) is 3.12. The molecule has 1 rings (SSSR count). The van der Waals surface area contributed by atoms with E-state index < -0.39 is 0 Å². The van der Waals surface area contributed by atoms with E-state index in [0.29, 0.717) is 18.2 Å². The van der Waals surface area contributed by atoms with Gasteiger partial charge in [0.2, 0.25) is 5.96 Å². The molecule has 0 saturated heterocycles. The standard InChI is InChI=1S/C10H14ClFN4/c1-2-5-14-10(16-13)15-9-4-3-7(12)6-8(9)11/h3-4,6H,2,5,13H2,1H3,(H2,14,15,16). The van der Waals surface area contributed by atoms with Crippen LogP contribution in [0.25, 0.3) is 0 Å². The number of anilines is 1. The Morgan fingerprint density at radius 3 is 2.88 bits per heavy atom. The topological polar surface area (TPSA) is 62.4 Å². The highest BCUT2D eigenvalue weighted by Crippen LogP contribution is 2.22. The molecule has 0 aromatic heterocycles. The molecule has 0 aliphatic carbocycles. The minimum absolute atomic E-state index is 0.277. The van der Waals surface area contributed by atoms with Gasteiger partial charge in [0.1, 0.15) is 5.82 Å². The molecule has 0 heterocycles. The summed E-state index contributed by atoms with van der Waals surface area (Å²) in [6, 6.07) is 4.05. The van der Waals surface area contributed by atoms with Crippen molar-refractivity contribution in [1.82, 2.24) is 5.43 Å². The first-order valence-corrected chi connectivity index (χ1v) is 5.28. The fraction of sp³-hybridized carbons (Fsp3) is 0.300. The normalized spacial score (nSPS) is 11.4. The van der Waals surface area contributed by atoms with Crippen LogP contribution in [0.5, 0.6) is 0 Å². The van der Waals surface area contributed by atoms with E-state index in [4.69, 9.17) is 17.4 Å². The van der Waals surface area contributed by atoms with Crippen molar-refractivity contribution in [2.45, 2.75) is 13.3 Å². The van der Waals surface area contributed by atoms with Crippen LogP contribution in [0.1, 0.15) is 13.3 Å². The Labute approximate surface area is 98.7 Å². The van der Waals surface area contributed by atoms with Crippen molar-refractivity contribution in [3.05, 3.63) is 29.0 Å². The molecule has 0 atom stereocenters. The van der Waals surface area contributed by atoms with Gasteiger partial charge >= 0.3 is 0 Å². The van der Waals surface area contributed by atoms with Gasteiger partial charge in [0.15, 0.2) is 0 Å².